The van der Waals surface area contributed by atoms with E-state index < -0.39 is 0 Å². The molecule has 1 heterocycles. The van der Waals surface area contributed by atoms with E-state index in [4.69, 9.17) is 11.6 Å². The van der Waals surface area contributed by atoms with E-state index in [-0.39, 0.29) is 0 Å². The van der Waals surface area contributed by atoms with E-state index in [1.165, 1.54) is 0 Å². The number of aryl methyl sites for hydroxylation is 2. The van der Waals surface area contributed by atoms with Crippen LogP contribution in [0, 0.1) is 6.92 Å². The molecule has 0 saturated heterocycles. The molecule has 0 N–H and O–H groups in total. The lowest BCUT2D eigenvalue weighted by molar-refractivity contribution is 0.866. The summed E-state index contributed by atoms with van der Waals surface area (Å²) in [6.07, 6.45) is 2.07. The minimum atomic E-state index is 0.355. The molecule has 0 bridgehead atoms. The summed E-state index contributed by atoms with van der Waals surface area (Å²) in [5.74, 6) is 0. The average molecular weight is 171 g/mol. The van der Waals surface area contributed by atoms with Crippen LogP contribution in [0.25, 0.3) is 0 Å². The molecule has 0 atom stereocenters. The molecule has 1 rings (SSSR count). The van der Waals surface area contributed by atoms with Crippen LogP contribution in [0.4, 0.5) is 0 Å². The molecule has 60 valence electrons. The lowest BCUT2D eigenvalue weighted by Crippen LogP contribution is -1.93. The van der Waals surface area contributed by atoms with Crippen LogP contribution < -0.4 is 0 Å². The van der Waals surface area contributed by atoms with Crippen molar-refractivity contribution in [3.05, 3.63) is 22.7 Å². The zero-order valence-corrected chi connectivity index (χ0v) is 7.52. The van der Waals surface area contributed by atoms with Crippen molar-refractivity contribution in [2.45, 2.75) is 26.7 Å². The van der Waals surface area contributed by atoms with E-state index in [1.807, 2.05) is 13.0 Å². The fourth-order valence-electron chi connectivity index (χ4n) is 0.979. The number of aromatic nitrogens is 2. The Bertz CT molecular complexity index is 228. The zero-order chi connectivity index (χ0) is 8.27. The lowest BCUT2D eigenvalue weighted by atomic mass is 10.2. The van der Waals surface area contributed by atoms with Gasteiger partial charge in [0.25, 0.3) is 0 Å². The molecule has 0 aliphatic carbocycles. The molecule has 0 amide bonds. The monoisotopic (exact) mass is 170 g/mol. The van der Waals surface area contributed by atoms with Gasteiger partial charge in [0.05, 0.1) is 0 Å². The SMILES string of the molecule is CCCc1cc(C)nc(Cl)n1. The first kappa shape index (κ1) is 8.47. The molecule has 0 spiro atoms. The quantitative estimate of drug-likeness (QED) is 0.637. The largest absolute Gasteiger partial charge is 0.223 e. The summed E-state index contributed by atoms with van der Waals surface area (Å²) in [6, 6.07) is 1.97. The van der Waals surface area contributed by atoms with Gasteiger partial charge in [0.1, 0.15) is 0 Å². The average Bonchev–Trinajstić information content (AvgIpc) is 1.85. The van der Waals surface area contributed by atoms with Crippen molar-refractivity contribution in [2.75, 3.05) is 0 Å². The van der Waals surface area contributed by atoms with Crippen LogP contribution in [0.15, 0.2) is 6.07 Å². The van der Waals surface area contributed by atoms with Crippen LogP contribution in [-0.2, 0) is 6.42 Å². The van der Waals surface area contributed by atoms with E-state index in [9.17, 15) is 0 Å². The first-order valence-electron chi connectivity index (χ1n) is 3.72. The van der Waals surface area contributed by atoms with Gasteiger partial charge in [-0.1, -0.05) is 13.3 Å². The number of rotatable bonds is 2. The predicted molar refractivity (Wildman–Crippen MR) is 45.8 cm³/mol. The second kappa shape index (κ2) is 3.67. The van der Waals surface area contributed by atoms with Crippen LogP contribution in [0.2, 0.25) is 5.28 Å². The third-order valence-electron chi connectivity index (χ3n) is 1.39. The Morgan fingerprint density at radius 1 is 1.45 bits per heavy atom. The fraction of sp³-hybridized carbons (Fsp3) is 0.500. The van der Waals surface area contributed by atoms with E-state index in [0.717, 1.165) is 24.2 Å². The van der Waals surface area contributed by atoms with Crippen molar-refractivity contribution in [3.63, 3.8) is 0 Å². The maximum absolute atomic E-state index is 5.66. The highest BCUT2D eigenvalue weighted by molar-refractivity contribution is 6.28. The Kier molecular flexibility index (Phi) is 2.83. The van der Waals surface area contributed by atoms with Gasteiger partial charge in [0, 0.05) is 11.4 Å². The Hall–Kier alpha value is -0.630. The molecule has 3 heteroatoms. The van der Waals surface area contributed by atoms with Gasteiger partial charge in [-0.3, -0.25) is 0 Å². The van der Waals surface area contributed by atoms with Crippen LogP contribution in [0.1, 0.15) is 24.7 Å². The number of hydrogen-bond acceptors (Lipinski definition) is 2. The van der Waals surface area contributed by atoms with E-state index in [2.05, 4.69) is 16.9 Å². The molecule has 0 saturated carbocycles. The van der Waals surface area contributed by atoms with Crippen molar-refractivity contribution in [1.82, 2.24) is 9.97 Å². The normalized spacial score (nSPS) is 10.1. The van der Waals surface area contributed by atoms with Crippen LogP contribution >= 0.6 is 11.6 Å². The molecule has 1 aromatic heterocycles. The molecule has 0 unspecified atom stereocenters. The van der Waals surface area contributed by atoms with Gasteiger partial charge in [0.2, 0.25) is 5.28 Å². The maximum Gasteiger partial charge on any atom is 0.222 e. The van der Waals surface area contributed by atoms with Crippen LogP contribution in [-0.4, -0.2) is 9.97 Å². The summed E-state index contributed by atoms with van der Waals surface area (Å²) in [5.41, 5.74) is 1.97. The standard InChI is InChI=1S/C8H11ClN2/c1-3-4-7-5-6(2)10-8(9)11-7/h5H,3-4H2,1-2H3. The minimum Gasteiger partial charge on any atom is -0.223 e. The highest BCUT2D eigenvalue weighted by Crippen LogP contribution is 2.06. The van der Waals surface area contributed by atoms with Crippen LogP contribution in [0.3, 0.4) is 0 Å². The van der Waals surface area contributed by atoms with Crippen molar-refractivity contribution in [1.29, 1.82) is 0 Å². The highest BCUT2D eigenvalue weighted by atomic mass is 35.5. The summed E-state index contributed by atoms with van der Waals surface area (Å²) in [5, 5.41) is 0.355. The zero-order valence-electron chi connectivity index (χ0n) is 6.76. The molecule has 0 fully saturated rings. The maximum atomic E-state index is 5.66. The summed E-state index contributed by atoms with van der Waals surface area (Å²) in [4.78, 5) is 8.05. The third-order valence-corrected chi connectivity index (χ3v) is 1.56. The van der Waals surface area contributed by atoms with E-state index in [0.29, 0.717) is 5.28 Å². The van der Waals surface area contributed by atoms with Crippen molar-refractivity contribution >= 4 is 11.6 Å². The highest BCUT2D eigenvalue weighted by Gasteiger charge is 1.97. The lowest BCUT2D eigenvalue weighted by Gasteiger charge is -1.98. The second-order valence-corrected chi connectivity index (χ2v) is 2.86. The Morgan fingerprint density at radius 2 is 2.18 bits per heavy atom. The molecule has 0 aromatic carbocycles. The first-order valence-corrected chi connectivity index (χ1v) is 4.10. The molecular formula is C8H11ClN2. The van der Waals surface area contributed by atoms with Gasteiger partial charge in [-0.15, -0.1) is 0 Å². The van der Waals surface area contributed by atoms with Crippen molar-refractivity contribution in [3.8, 4) is 0 Å². The second-order valence-electron chi connectivity index (χ2n) is 2.52. The van der Waals surface area contributed by atoms with Gasteiger partial charge in [-0.2, -0.15) is 0 Å². The summed E-state index contributed by atoms with van der Waals surface area (Å²) >= 11 is 5.66. The Morgan fingerprint density at radius 3 is 2.73 bits per heavy atom. The first-order chi connectivity index (χ1) is 5.22. The Balaban J connectivity index is 2.89. The molecule has 1 aromatic rings. The molecular weight excluding hydrogens is 160 g/mol. The van der Waals surface area contributed by atoms with Crippen LogP contribution in [0.5, 0.6) is 0 Å². The fourth-order valence-corrected chi connectivity index (χ4v) is 1.22. The topological polar surface area (TPSA) is 25.8 Å². The van der Waals surface area contributed by atoms with E-state index >= 15 is 0 Å². The predicted octanol–water partition coefficient (Wildman–Crippen LogP) is 2.39. The van der Waals surface area contributed by atoms with Gasteiger partial charge >= 0.3 is 0 Å². The molecule has 0 aliphatic rings. The van der Waals surface area contributed by atoms with Crippen molar-refractivity contribution < 1.29 is 0 Å². The minimum absolute atomic E-state index is 0.355. The third kappa shape index (κ3) is 2.46. The van der Waals surface area contributed by atoms with Gasteiger partial charge in [0.15, 0.2) is 0 Å². The molecule has 2 nitrogen and oxygen atoms in total. The molecule has 0 aliphatic heterocycles. The Labute approximate surface area is 71.6 Å². The summed E-state index contributed by atoms with van der Waals surface area (Å²) < 4.78 is 0. The summed E-state index contributed by atoms with van der Waals surface area (Å²) in [7, 11) is 0. The number of hydrogen-bond donors (Lipinski definition) is 0. The number of halogens is 1. The van der Waals surface area contributed by atoms with Gasteiger partial charge in [-0.05, 0) is 31.0 Å². The van der Waals surface area contributed by atoms with E-state index in [1.54, 1.807) is 0 Å². The number of nitrogens with zero attached hydrogens (tertiary/aromatic N) is 2. The molecule has 0 radical (unpaired) electrons. The van der Waals surface area contributed by atoms with Crippen molar-refractivity contribution in [2.24, 2.45) is 0 Å². The smallest absolute Gasteiger partial charge is 0.222 e. The van der Waals surface area contributed by atoms with Gasteiger partial charge < -0.3 is 0 Å². The van der Waals surface area contributed by atoms with Gasteiger partial charge in [-0.25, -0.2) is 9.97 Å². The molecule has 11 heavy (non-hydrogen) atoms. The summed E-state index contributed by atoms with van der Waals surface area (Å²) in [6.45, 7) is 4.04.